The molecule has 0 atom stereocenters. The van der Waals surface area contributed by atoms with E-state index in [9.17, 15) is 14.7 Å². The largest absolute Gasteiger partial charge is 0.507 e. The van der Waals surface area contributed by atoms with Gasteiger partial charge in [0.2, 0.25) is 0 Å². The Morgan fingerprint density at radius 2 is 1.40 bits per heavy atom. The highest BCUT2D eigenvalue weighted by Crippen LogP contribution is 2.33. The van der Waals surface area contributed by atoms with Gasteiger partial charge in [0.1, 0.15) is 17.2 Å². The molecule has 3 rings (SSSR count). The number of methoxy groups -OCH3 is 2. The summed E-state index contributed by atoms with van der Waals surface area (Å²) in [5.41, 5.74) is 1.12. The van der Waals surface area contributed by atoms with Crippen LogP contribution in [0.2, 0.25) is 0 Å². The zero-order valence-electron chi connectivity index (χ0n) is 19.9. The molecule has 0 saturated heterocycles. The van der Waals surface area contributed by atoms with E-state index in [0.29, 0.717) is 60.2 Å². The highest BCUT2D eigenvalue weighted by atomic mass is 16.5. The van der Waals surface area contributed by atoms with Gasteiger partial charge in [0.05, 0.1) is 44.1 Å². The fourth-order valence-corrected chi connectivity index (χ4v) is 3.49. The van der Waals surface area contributed by atoms with Gasteiger partial charge in [-0.1, -0.05) is 12.1 Å². The molecule has 0 aliphatic carbocycles. The van der Waals surface area contributed by atoms with Crippen LogP contribution in [0.3, 0.4) is 0 Å². The third kappa shape index (κ3) is 6.03. The summed E-state index contributed by atoms with van der Waals surface area (Å²) < 4.78 is 21.9. The van der Waals surface area contributed by atoms with E-state index in [4.69, 9.17) is 24.1 Å². The maximum absolute atomic E-state index is 12.9. The predicted octanol–water partition coefficient (Wildman–Crippen LogP) is 4.89. The van der Waals surface area contributed by atoms with Gasteiger partial charge in [-0.2, -0.15) is 0 Å². The molecular formula is C27H28O8. The number of carboxylic acids is 1. The smallest absolute Gasteiger partial charge is 0.335 e. The number of aromatic hydroxyl groups is 1. The van der Waals surface area contributed by atoms with Crippen molar-refractivity contribution in [1.29, 1.82) is 0 Å². The number of benzene rings is 3. The average Bonchev–Trinajstić information content (AvgIpc) is 2.87. The molecule has 8 heteroatoms. The highest BCUT2D eigenvalue weighted by Gasteiger charge is 2.20. The number of carbonyl (C=O) groups excluding carboxylic acids is 1. The van der Waals surface area contributed by atoms with Crippen LogP contribution in [-0.2, 0) is 0 Å². The van der Waals surface area contributed by atoms with Crippen molar-refractivity contribution in [2.24, 2.45) is 0 Å². The van der Waals surface area contributed by atoms with Gasteiger partial charge in [0, 0.05) is 5.56 Å². The van der Waals surface area contributed by atoms with Crippen molar-refractivity contribution >= 4 is 11.8 Å². The molecule has 0 aromatic heterocycles. The van der Waals surface area contributed by atoms with Gasteiger partial charge in [0.15, 0.2) is 17.3 Å². The number of unbranched alkanes of at least 4 members (excludes halogenated alkanes) is 1. The molecule has 184 valence electrons. The quantitative estimate of drug-likeness (QED) is 0.279. The molecule has 0 spiro atoms. The summed E-state index contributed by atoms with van der Waals surface area (Å²) in [6.45, 7) is 2.41. The second-order valence-corrected chi connectivity index (χ2v) is 7.69. The van der Waals surface area contributed by atoms with Crippen LogP contribution in [0.15, 0.2) is 54.6 Å². The lowest BCUT2D eigenvalue weighted by molar-refractivity contribution is 0.0696. The number of ether oxygens (including phenoxy) is 4. The first-order chi connectivity index (χ1) is 16.9. The average molecular weight is 481 g/mol. The topological polar surface area (TPSA) is 112 Å². The van der Waals surface area contributed by atoms with Crippen molar-refractivity contribution in [1.82, 2.24) is 0 Å². The highest BCUT2D eigenvalue weighted by molar-refractivity contribution is 6.12. The minimum atomic E-state index is -1.04. The van der Waals surface area contributed by atoms with Crippen molar-refractivity contribution in [2.75, 3.05) is 27.4 Å². The standard InChI is InChI=1S/C27H28O8/c1-17-21(13-11-20(25(17)28)26(29)19-8-4-5-9-22(19)32-2)34-14-6-7-15-35-24-16-18(27(30)31)10-12-23(24)33-3/h4-5,8-13,16,28H,6-7,14-15H2,1-3H3,(H,30,31). The van der Waals surface area contributed by atoms with Gasteiger partial charge in [-0.15, -0.1) is 0 Å². The fraction of sp³-hybridized carbons (Fsp3) is 0.259. The Balaban J connectivity index is 1.55. The summed E-state index contributed by atoms with van der Waals surface area (Å²) >= 11 is 0. The van der Waals surface area contributed by atoms with E-state index in [-0.39, 0.29) is 22.7 Å². The molecule has 0 aliphatic heterocycles. The molecule has 0 fully saturated rings. The number of phenolic OH excluding ortho intramolecular Hbond substituents is 1. The number of rotatable bonds is 12. The number of carboxylic acid groups (broad SMARTS) is 1. The van der Waals surface area contributed by atoms with Crippen LogP contribution in [-0.4, -0.2) is 49.4 Å². The van der Waals surface area contributed by atoms with Gasteiger partial charge < -0.3 is 29.2 Å². The zero-order chi connectivity index (χ0) is 25.4. The van der Waals surface area contributed by atoms with Crippen LogP contribution in [0.1, 0.15) is 44.7 Å². The minimum Gasteiger partial charge on any atom is -0.507 e. The van der Waals surface area contributed by atoms with Gasteiger partial charge in [-0.25, -0.2) is 4.79 Å². The van der Waals surface area contributed by atoms with Crippen LogP contribution in [0.25, 0.3) is 0 Å². The van der Waals surface area contributed by atoms with Crippen molar-refractivity contribution < 1.29 is 38.7 Å². The third-order valence-electron chi connectivity index (χ3n) is 5.44. The van der Waals surface area contributed by atoms with Gasteiger partial charge in [0.25, 0.3) is 0 Å². The number of para-hydroxylation sites is 1. The molecule has 8 nitrogen and oxygen atoms in total. The van der Waals surface area contributed by atoms with E-state index in [1.807, 2.05) is 0 Å². The number of aromatic carboxylic acids is 1. The third-order valence-corrected chi connectivity index (χ3v) is 5.44. The predicted molar refractivity (Wildman–Crippen MR) is 129 cm³/mol. The zero-order valence-corrected chi connectivity index (χ0v) is 19.9. The normalized spacial score (nSPS) is 10.5. The molecular weight excluding hydrogens is 452 g/mol. The van der Waals surface area contributed by atoms with E-state index >= 15 is 0 Å². The van der Waals surface area contributed by atoms with Gasteiger partial charge in [-0.3, -0.25) is 4.79 Å². The molecule has 0 unspecified atom stereocenters. The first kappa shape index (κ1) is 25.4. The first-order valence-corrected chi connectivity index (χ1v) is 11.0. The Morgan fingerprint density at radius 3 is 2.06 bits per heavy atom. The number of hydrogen-bond donors (Lipinski definition) is 2. The van der Waals surface area contributed by atoms with Crippen LogP contribution in [0.4, 0.5) is 0 Å². The maximum Gasteiger partial charge on any atom is 0.335 e. The summed E-state index contributed by atoms with van der Waals surface area (Å²) in [5, 5.41) is 19.8. The lowest BCUT2D eigenvalue weighted by Gasteiger charge is -2.14. The number of carbonyl (C=O) groups is 2. The van der Waals surface area contributed by atoms with Crippen LogP contribution in [0.5, 0.6) is 28.7 Å². The summed E-state index contributed by atoms with van der Waals surface area (Å²) in [5.74, 6) is 0.228. The van der Waals surface area contributed by atoms with Crippen LogP contribution < -0.4 is 18.9 Å². The monoisotopic (exact) mass is 480 g/mol. The molecule has 0 bridgehead atoms. The lowest BCUT2D eigenvalue weighted by Crippen LogP contribution is -2.07. The number of ketones is 1. The van der Waals surface area contributed by atoms with Crippen molar-refractivity contribution in [3.63, 3.8) is 0 Å². The van der Waals surface area contributed by atoms with E-state index in [0.717, 1.165) is 0 Å². The molecule has 0 aliphatic rings. The molecule has 3 aromatic carbocycles. The molecule has 35 heavy (non-hydrogen) atoms. The van der Waals surface area contributed by atoms with E-state index in [1.54, 1.807) is 43.3 Å². The first-order valence-electron chi connectivity index (χ1n) is 11.0. The van der Waals surface area contributed by atoms with Crippen molar-refractivity contribution in [3.05, 3.63) is 76.9 Å². The molecule has 0 heterocycles. The Kier molecular flexibility index (Phi) is 8.56. The van der Waals surface area contributed by atoms with Crippen LogP contribution >= 0.6 is 0 Å². The summed E-state index contributed by atoms with van der Waals surface area (Å²) in [6, 6.07) is 14.5. The van der Waals surface area contributed by atoms with Crippen molar-refractivity contribution in [2.45, 2.75) is 19.8 Å². The Hall–Kier alpha value is -4.20. The Bertz CT molecular complexity index is 1200. The fourth-order valence-electron chi connectivity index (χ4n) is 3.49. The second-order valence-electron chi connectivity index (χ2n) is 7.69. The van der Waals surface area contributed by atoms with E-state index in [1.165, 1.54) is 32.4 Å². The second kappa shape index (κ2) is 11.8. The molecule has 0 saturated carbocycles. The van der Waals surface area contributed by atoms with Gasteiger partial charge in [-0.05, 0) is 62.2 Å². The summed E-state index contributed by atoms with van der Waals surface area (Å²) in [4.78, 5) is 24.1. The molecule has 0 amide bonds. The van der Waals surface area contributed by atoms with Crippen LogP contribution in [0, 0.1) is 6.92 Å². The van der Waals surface area contributed by atoms with Crippen molar-refractivity contribution in [3.8, 4) is 28.7 Å². The molecule has 0 radical (unpaired) electrons. The Labute approximate surface area is 203 Å². The molecule has 3 aromatic rings. The van der Waals surface area contributed by atoms with E-state index in [2.05, 4.69) is 0 Å². The minimum absolute atomic E-state index is 0.118. The number of hydrogen-bond acceptors (Lipinski definition) is 7. The van der Waals surface area contributed by atoms with Gasteiger partial charge >= 0.3 is 5.97 Å². The SMILES string of the molecule is COc1ccc(C(=O)O)cc1OCCCCOc1ccc(C(=O)c2ccccc2OC)c(O)c1C. The Morgan fingerprint density at radius 1 is 0.771 bits per heavy atom. The lowest BCUT2D eigenvalue weighted by atomic mass is 9.99. The maximum atomic E-state index is 12.9. The number of phenols is 1. The van der Waals surface area contributed by atoms with E-state index < -0.39 is 5.97 Å². The summed E-state index contributed by atoms with van der Waals surface area (Å²) in [7, 11) is 2.98. The summed E-state index contributed by atoms with van der Waals surface area (Å²) in [6.07, 6.45) is 1.30. The molecule has 2 N–H and O–H groups in total.